The molecule has 118 valence electrons. The number of hydrogen-bond donors (Lipinski definition) is 1. The first-order chi connectivity index (χ1) is 11.2. The lowest BCUT2D eigenvalue weighted by Crippen LogP contribution is -2.36. The summed E-state index contributed by atoms with van der Waals surface area (Å²) in [7, 11) is 0. The van der Waals surface area contributed by atoms with Crippen LogP contribution in [-0.2, 0) is 11.3 Å². The molecule has 0 radical (unpaired) electrons. The summed E-state index contributed by atoms with van der Waals surface area (Å²) in [6.45, 7) is 2.83. The van der Waals surface area contributed by atoms with Crippen molar-refractivity contribution in [1.82, 2.24) is 5.32 Å². The Hall–Kier alpha value is -2.82. The number of nitrogens with one attached hydrogen (secondary N) is 1. The van der Waals surface area contributed by atoms with E-state index in [-0.39, 0.29) is 18.4 Å². The van der Waals surface area contributed by atoms with Crippen LogP contribution < -0.4 is 15.0 Å². The largest absolute Gasteiger partial charge is 0.494 e. The summed E-state index contributed by atoms with van der Waals surface area (Å²) in [6, 6.07) is 14.8. The monoisotopic (exact) mass is 310 g/mol. The van der Waals surface area contributed by atoms with Crippen LogP contribution in [0.4, 0.5) is 5.69 Å². The first-order valence-corrected chi connectivity index (χ1v) is 7.59. The molecule has 0 saturated carbocycles. The molecular weight excluding hydrogens is 292 g/mol. The van der Waals surface area contributed by atoms with E-state index in [0.29, 0.717) is 24.4 Å². The molecule has 0 aliphatic carbocycles. The van der Waals surface area contributed by atoms with Crippen molar-refractivity contribution in [3.8, 4) is 5.75 Å². The smallest absolute Gasteiger partial charge is 0.253 e. The molecule has 0 fully saturated rings. The van der Waals surface area contributed by atoms with E-state index in [1.54, 1.807) is 23.1 Å². The Morgan fingerprint density at radius 2 is 1.83 bits per heavy atom. The highest BCUT2D eigenvalue weighted by Gasteiger charge is 2.26. The zero-order valence-corrected chi connectivity index (χ0v) is 12.9. The number of carbonyl (C=O) groups excluding carboxylic acids is 2. The Morgan fingerprint density at radius 3 is 2.65 bits per heavy atom. The molecule has 0 spiro atoms. The van der Waals surface area contributed by atoms with Crippen LogP contribution in [0, 0.1) is 0 Å². The molecule has 2 aromatic rings. The van der Waals surface area contributed by atoms with Crippen molar-refractivity contribution in [2.75, 3.05) is 18.1 Å². The van der Waals surface area contributed by atoms with Gasteiger partial charge in [-0.2, -0.15) is 0 Å². The SMILES string of the molecule is CCOc1ccccc1CN1C(=O)CNC(=O)c2ccccc21. The van der Waals surface area contributed by atoms with E-state index in [1.807, 2.05) is 37.3 Å². The fraction of sp³-hybridized carbons (Fsp3) is 0.222. The second-order valence-electron chi connectivity index (χ2n) is 5.22. The number of hydrogen-bond acceptors (Lipinski definition) is 3. The lowest BCUT2D eigenvalue weighted by atomic mass is 10.1. The van der Waals surface area contributed by atoms with Crippen LogP contribution in [0.5, 0.6) is 5.75 Å². The number of ether oxygens (including phenoxy) is 1. The molecule has 3 rings (SSSR count). The average molecular weight is 310 g/mol. The molecule has 5 heteroatoms. The number of fused-ring (bicyclic) bond motifs is 1. The fourth-order valence-corrected chi connectivity index (χ4v) is 2.66. The van der Waals surface area contributed by atoms with Gasteiger partial charge < -0.3 is 15.0 Å². The first-order valence-electron chi connectivity index (χ1n) is 7.59. The van der Waals surface area contributed by atoms with Crippen molar-refractivity contribution in [1.29, 1.82) is 0 Å². The highest BCUT2D eigenvalue weighted by molar-refractivity contribution is 6.09. The summed E-state index contributed by atoms with van der Waals surface area (Å²) in [5.74, 6) is 0.382. The van der Waals surface area contributed by atoms with Gasteiger partial charge in [-0.15, -0.1) is 0 Å². The van der Waals surface area contributed by atoms with Gasteiger partial charge in [-0.3, -0.25) is 9.59 Å². The Balaban J connectivity index is 2.00. The molecule has 1 aliphatic rings. The second-order valence-corrected chi connectivity index (χ2v) is 5.22. The lowest BCUT2D eigenvalue weighted by Gasteiger charge is -2.23. The summed E-state index contributed by atoms with van der Waals surface area (Å²) in [4.78, 5) is 26.2. The number of carbonyl (C=O) groups is 2. The van der Waals surface area contributed by atoms with E-state index >= 15 is 0 Å². The number of rotatable bonds is 4. The molecule has 0 aromatic heterocycles. The highest BCUT2D eigenvalue weighted by atomic mass is 16.5. The van der Waals surface area contributed by atoms with Gasteiger partial charge in [-0.25, -0.2) is 0 Å². The lowest BCUT2D eigenvalue weighted by molar-refractivity contribution is -0.117. The van der Waals surface area contributed by atoms with Crippen LogP contribution >= 0.6 is 0 Å². The molecule has 1 aliphatic heterocycles. The summed E-state index contributed by atoms with van der Waals surface area (Å²) < 4.78 is 5.63. The van der Waals surface area contributed by atoms with Crippen molar-refractivity contribution in [2.24, 2.45) is 0 Å². The maximum absolute atomic E-state index is 12.5. The van der Waals surface area contributed by atoms with E-state index in [2.05, 4.69) is 5.32 Å². The van der Waals surface area contributed by atoms with Gasteiger partial charge in [0.25, 0.3) is 5.91 Å². The van der Waals surface area contributed by atoms with Gasteiger partial charge in [0.15, 0.2) is 0 Å². The Morgan fingerprint density at radius 1 is 1.09 bits per heavy atom. The van der Waals surface area contributed by atoms with E-state index < -0.39 is 0 Å². The molecular formula is C18H18N2O3. The molecule has 1 N–H and O–H groups in total. The minimum atomic E-state index is -0.227. The predicted octanol–water partition coefficient (Wildman–Crippen LogP) is 2.36. The quantitative estimate of drug-likeness (QED) is 0.943. The number of anilines is 1. The molecule has 0 saturated heterocycles. The molecule has 0 bridgehead atoms. The van der Waals surface area contributed by atoms with E-state index in [4.69, 9.17) is 4.74 Å². The van der Waals surface area contributed by atoms with Gasteiger partial charge in [0, 0.05) is 5.56 Å². The van der Waals surface area contributed by atoms with Gasteiger partial charge >= 0.3 is 0 Å². The maximum atomic E-state index is 12.5. The number of para-hydroxylation sites is 2. The average Bonchev–Trinajstić information content (AvgIpc) is 2.69. The van der Waals surface area contributed by atoms with Gasteiger partial charge in [0.1, 0.15) is 5.75 Å². The number of nitrogens with zero attached hydrogens (tertiary/aromatic N) is 1. The van der Waals surface area contributed by atoms with Crippen LogP contribution in [0.3, 0.4) is 0 Å². The van der Waals surface area contributed by atoms with E-state index in [1.165, 1.54) is 0 Å². The fourth-order valence-electron chi connectivity index (χ4n) is 2.66. The third kappa shape index (κ3) is 3.04. The zero-order chi connectivity index (χ0) is 16.2. The third-order valence-corrected chi connectivity index (χ3v) is 3.74. The summed E-state index contributed by atoms with van der Waals surface area (Å²) >= 11 is 0. The van der Waals surface area contributed by atoms with Crippen LogP contribution in [0.25, 0.3) is 0 Å². The van der Waals surface area contributed by atoms with Crippen molar-refractivity contribution in [3.05, 3.63) is 59.7 Å². The summed E-state index contributed by atoms with van der Waals surface area (Å²) in [5.41, 5.74) is 2.04. The van der Waals surface area contributed by atoms with Crippen LogP contribution in [-0.4, -0.2) is 25.0 Å². The highest BCUT2D eigenvalue weighted by Crippen LogP contribution is 2.27. The normalized spacial score (nSPS) is 14.0. The van der Waals surface area contributed by atoms with E-state index in [9.17, 15) is 9.59 Å². The van der Waals surface area contributed by atoms with Crippen LogP contribution in [0.2, 0.25) is 0 Å². The van der Waals surface area contributed by atoms with Crippen molar-refractivity contribution >= 4 is 17.5 Å². The summed E-state index contributed by atoms with van der Waals surface area (Å²) in [6.07, 6.45) is 0. The topological polar surface area (TPSA) is 58.6 Å². The van der Waals surface area contributed by atoms with Crippen LogP contribution in [0.15, 0.2) is 48.5 Å². The van der Waals surface area contributed by atoms with Gasteiger partial charge in [0.05, 0.1) is 30.9 Å². The minimum absolute atomic E-state index is 0.00961. The molecule has 0 atom stereocenters. The number of benzene rings is 2. The molecule has 5 nitrogen and oxygen atoms in total. The van der Waals surface area contributed by atoms with Crippen molar-refractivity contribution in [3.63, 3.8) is 0 Å². The van der Waals surface area contributed by atoms with Crippen LogP contribution in [0.1, 0.15) is 22.8 Å². The third-order valence-electron chi connectivity index (χ3n) is 3.74. The van der Waals surface area contributed by atoms with Gasteiger partial charge in [0.2, 0.25) is 5.91 Å². The van der Waals surface area contributed by atoms with E-state index in [0.717, 1.165) is 11.3 Å². The van der Waals surface area contributed by atoms with Gasteiger partial charge in [-0.05, 0) is 25.1 Å². The summed E-state index contributed by atoms with van der Waals surface area (Å²) in [5, 5.41) is 2.64. The first kappa shape index (κ1) is 15.1. The van der Waals surface area contributed by atoms with Crippen molar-refractivity contribution in [2.45, 2.75) is 13.5 Å². The van der Waals surface area contributed by atoms with Gasteiger partial charge in [-0.1, -0.05) is 30.3 Å². The Bertz CT molecular complexity index is 743. The molecule has 0 unspecified atom stereocenters. The molecule has 1 heterocycles. The van der Waals surface area contributed by atoms with Crippen molar-refractivity contribution < 1.29 is 14.3 Å². The maximum Gasteiger partial charge on any atom is 0.253 e. The second kappa shape index (κ2) is 6.52. The Labute approximate surface area is 134 Å². The number of amides is 2. The molecule has 2 aromatic carbocycles. The molecule has 2 amide bonds. The standard InChI is InChI=1S/C18H18N2O3/c1-2-23-16-10-6-3-7-13(16)12-20-15-9-5-4-8-14(15)18(22)19-11-17(20)21/h3-10H,2,11-12H2,1H3,(H,19,22). The minimum Gasteiger partial charge on any atom is -0.494 e. The Kier molecular flexibility index (Phi) is 4.28. The molecule has 23 heavy (non-hydrogen) atoms. The predicted molar refractivity (Wildman–Crippen MR) is 87.6 cm³/mol. The zero-order valence-electron chi connectivity index (χ0n) is 12.9.